The maximum atomic E-state index is 10.8. The van der Waals surface area contributed by atoms with Crippen LogP contribution in [-0.2, 0) is 10.3 Å². The van der Waals surface area contributed by atoms with Crippen LogP contribution in [0.3, 0.4) is 0 Å². The van der Waals surface area contributed by atoms with Crippen molar-refractivity contribution in [3.8, 4) is 0 Å². The lowest BCUT2D eigenvalue weighted by atomic mass is 9.99. The summed E-state index contributed by atoms with van der Waals surface area (Å²) >= 11 is 11.4. The Morgan fingerprint density at radius 3 is 2.64 bits per heavy atom. The first-order valence-electron chi connectivity index (χ1n) is 3.70. The van der Waals surface area contributed by atoms with Crippen LogP contribution >= 0.6 is 23.2 Å². The second-order valence-corrected chi connectivity index (χ2v) is 3.77. The van der Waals surface area contributed by atoms with Gasteiger partial charge in [-0.15, -0.1) is 0 Å². The quantitative estimate of drug-likeness (QED) is 0.764. The number of carbonyl (C=O) groups is 1. The van der Waals surface area contributed by atoms with Crippen LogP contribution in [0.4, 0.5) is 0 Å². The summed E-state index contributed by atoms with van der Waals surface area (Å²) in [5, 5.41) is 9.18. The Balaban J connectivity index is 3.31. The molecule has 0 spiro atoms. The molecule has 6 heteroatoms. The highest BCUT2D eigenvalue weighted by Gasteiger charge is 2.34. The molecular weight excluding hydrogens is 227 g/mol. The van der Waals surface area contributed by atoms with Crippen molar-refractivity contribution in [2.24, 2.45) is 5.73 Å². The van der Waals surface area contributed by atoms with Gasteiger partial charge < -0.3 is 10.8 Å². The van der Waals surface area contributed by atoms with Gasteiger partial charge in [-0.05, 0) is 19.1 Å². The smallest absolute Gasteiger partial charge is 0.329 e. The lowest BCUT2D eigenvalue weighted by Gasteiger charge is -2.19. The van der Waals surface area contributed by atoms with Gasteiger partial charge in [0.15, 0.2) is 5.54 Å². The molecule has 1 rings (SSSR count). The summed E-state index contributed by atoms with van der Waals surface area (Å²) in [5.74, 6) is -1.21. The van der Waals surface area contributed by atoms with Crippen LogP contribution < -0.4 is 5.73 Å². The molecule has 0 aliphatic carbocycles. The number of aromatic nitrogens is 1. The van der Waals surface area contributed by atoms with Crippen LogP contribution in [-0.4, -0.2) is 16.1 Å². The van der Waals surface area contributed by atoms with E-state index in [4.69, 9.17) is 34.0 Å². The van der Waals surface area contributed by atoms with Crippen molar-refractivity contribution < 1.29 is 9.90 Å². The third-order valence-corrected chi connectivity index (χ3v) is 2.26. The first-order valence-corrected chi connectivity index (χ1v) is 4.46. The minimum Gasteiger partial charge on any atom is -0.480 e. The monoisotopic (exact) mass is 234 g/mol. The number of pyridine rings is 1. The summed E-state index contributed by atoms with van der Waals surface area (Å²) in [5.41, 5.74) is 3.96. The maximum Gasteiger partial charge on any atom is 0.329 e. The minimum atomic E-state index is -1.64. The number of hydrogen-bond acceptors (Lipinski definition) is 3. The molecule has 0 radical (unpaired) electrons. The highest BCUT2D eigenvalue weighted by atomic mass is 35.5. The molecule has 0 aromatic carbocycles. The van der Waals surface area contributed by atoms with Crippen LogP contribution in [0.2, 0.25) is 10.2 Å². The van der Waals surface area contributed by atoms with Gasteiger partial charge in [-0.2, -0.15) is 0 Å². The van der Waals surface area contributed by atoms with Gasteiger partial charge in [0, 0.05) is 0 Å². The number of hydrogen-bond donors (Lipinski definition) is 2. The maximum absolute atomic E-state index is 10.8. The lowest BCUT2D eigenvalue weighted by molar-refractivity contribution is -0.143. The average Bonchev–Trinajstić information content (AvgIpc) is 2.08. The molecule has 0 fully saturated rings. The molecule has 0 aliphatic rings. The predicted octanol–water partition coefficient (Wildman–Crippen LogP) is 1.65. The Morgan fingerprint density at radius 1 is 1.57 bits per heavy atom. The van der Waals surface area contributed by atoms with E-state index in [1.807, 2.05) is 0 Å². The topological polar surface area (TPSA) is 76.2 Å². The zero-order valence-electron chi connectivity index (χ0n) is 7.29. The van der Waals surface area contributed by atoms with Crippen molar-refractivity contribution in [3.05, 3.63) is 28.0 Å². The largest absolute Gasteiger partial charge is 0.480 e. The lowest BCUT2D eigenvalue weighted by Crippen LogP contribution is -2.42. The van der Waals surface area contributed by atoms with Crippen molar-refractivity contribution in [2.45, 2.75) is 12.5 Å². The number of rotatable bonds is 2. The molecule has 1 aromatic rings. The number of aliphatic carboxylic acids is 1. The summed E-state index contributed by atoms with van der Waals surface area (Å²) in [6.07, 6.45) is 0. The van der Waals surface area contributed by atoms with Crippen molar-refractivity contribution in [3.63, 3.8) is 0 Å². The van der Waals surface area contributed by atoms with Crippen molar-refractivity contribution in [1.82, 2.24) is 4.98 Å². The average molecular weight is 235 g/mol. The van der Waals surface area contributed by atoms with E-state index in [1.54, 1.807) is 0 Å². The summed E-state index contributed by atoms with van der Waals surface area (Å²) in [6.45, 7) is 1.31. The van der Waals surface area contributed by atoms with E-state index in [0.29, 0.717) is 0 Å². The van der Waals surface area contributed by atoms with Gasteiger partial charge in [-0.25, -0.2) is 9.78 Å². The molecule has 0 amide bonds. The molecule has 0 saturated carbocycles. The van der Waals surface area contributed by atoms with Crippen LogP contribution in [0.5, 0.6) is 0 Å². The first-order chi connectivity index (χ1) is 6.35. The molecule has 0 bridgehead atoms. The predicted molar refractivity (Wildman–Crippen MR) is 53.4 cm³/mol. The number of nitrogens with zero attached hydrogens (tertiary/aromatic N) is 1. The zero-order chi connectivity index (χ0) is 10.9. The molecule has 0 saturated heterocycles. The number of carboxylic acids is 1. The summed E-state index contributed by atoms with van der Waals surface area (Å²) in [7, 11) is 0. The Bertz CT molecular complexity index is 380. The fraction of sp³-hybridized carbons (Fsp3) is 0.250. The van der Waals surface area contributed by atoms with Gasteiger partial charge in [-0.1, -0.05) is 23.2 Å². The molecule has 14 heavy (non-hydrogen) atoms. The molecule has 4 nitrogen and oxygen atoms in total. The molecule has 1 atom stereocenters. The second kappa shape index (κ2) is 3.73. The van der Waals surface area contributed by atoms with Gasteiger partial charge in [-0.3, -0.25) is 0 Å². The Morgan fingerprint density at radius 2 is 2.14 bits per heavy atom. The minimum absolute atomic E-state index is 0.0548. The van der Waals surface area contributed by atoms with Crippen LogP contribution in [0.15, 0.2) is 12.1 Å². The standard InChI is InChI=1S/C8H8Cl2N2O2/c1-8(11,7(13)14)6-4(9)2-3-5(10)12-6/h2-3H,11H2,1H3,(H,13,14)/t8-/m1/s1. The van der Waals surface area contributed by atoms with Gasteiger partial charge in [0.1, 0.15) is 5.15 Å². The van der Waals surface area contributed by atoms with Crippen LogP contribution in [0.25, 0.3) is 0 Å². The SMILES string of the molecule is C[C@](N)(C(=O)O)c1nc(Cl)ccc1Cl. The summed E-state index contributed by atoms with van der Waals surface area (Å²) in [6, 6.07) is 2.92. The molecule has 0 unspecified atom stereocenters. The Labute approximate surface area is 90.6 Å². The van der Waals surface area contributed by atoms with E-state index in [9.17, 15) is 4.79 Å². The highest BCUT2D eigenvalue weighted by Crippen LogP contribution is 2.25. The van der Waals surface area contributed by atoms with Crippen LogP contribution in [0.1, 0.15) is 12.6 Å². The second-order valence-electron chi connectivity index (χ2n) is 2.97. The van der Waals surface area contributed by atoms with Gasteiger partial charge in [0.05, 0.1) is 10.7 Å². The third kappa shape index (κ3) is 1.97. The van der Waals surface area contributed by atoms with Crippen molar-refractivity contribution >= 4 is 29.2 Å². The molecule has 0 aliphatic heterocycles. The number of nitrogens with two attached hydrogens (primary N) is 1. The Hall–Kier alpha value is -0.840. The zero-order valence-corrected chi connectivity index (χ0v) is 8.80. The number of halogens is 2. The summed E-state index contributed by atoms with van der Waals surface area (Å²) in [4.78, 5) is 14.6. The van der Waals surface area contributed by atoms with E-state index >= 15 is 0 Å². The highest BCUT2D eigenvalue weighted by molar-refractivity contribution is 6.32. The third-order valence-electron chi connectivity index (χ3n) is 1.75. The summed E-state index contributed by atoms with van der Waals surface area (Å²) < 4.78 is 0. The fourth-order valence-electron chi connectivity index (χ4n) is 0.884. The molecule has 3 N–H and O–H groups in total. The van der Waals surface area contributed by atoms with E-state index in [2.05, 4.69) is 4.98 Å². The molecule has 1 aromatic heterocycles. The first kappa shape index (κ1) is 11.2. The molecular formula is C8H8Cl2N2O2. The van der Waals surface area contributed by atoms with Crippen molar-refractivity contribution in [1.29, 1.82) is 0 Å². The number of carboxylic acid groups (broad SMARTS) is 1. The van der Waals surface area contributed by atoms with Gasteiger partial charge in [0.2, 0.25) is 0 Å². The normalized spacial score (nSPS) is 14.9. The van der Waals surface area contributed by atoms with E-state index < -0.39 is 11.5 Å². The molecule has 76 valence electrons. The van der Waals surface area contributed by atoms with E-state index in [1.165, 1.54) is 19.1 Å². The fourth-order valence-corrected chi connectivity index (χ4v) is 1.33. The van der Waals surface area contributed by atoms with E-state index in [0.717, 1.165) is 0 Å². The van der Waals surface area contributed by atoms with E-state index in [-0.39, 0.29) is 15.9 Å². The van der Waals surface area contributed by atoms with Gasteiger partial charge in [0.25, 0.3) is 0 Å². The molecule has 1 heterocycles. The van der Waals surface area contributed by atoms with Gasteiger partial charge >= 0.3 is 5.97 Å². The van der Waals surface area contributed by atoms with Crippen molar-refractivity contribution in [2.75, 3.05) is 0 Å². The Kier molecular flexibility index (Phi) is 2.99. The van der Waals surface area contributed by atoms with Crippen LogP contribution in [0, 0.1) is 0 Å².